The summed E-state index contributed by atoms with van der Waals surface area (Å²) in [5, 5.41) is 4.04. The van der Waals surface area contributed by atoms with Crippen LogP contribution in [0.4, 0.5) is 5.82 Å². The molecule has 1 aliphatic rings. The van der Waals surface area contributed by atoms with Gasteiger partial charge in [-0.25, -0.2) is 4.79 Å². The minimum atomic E-state index is -0.0852. The topological polar surface area (TPSA) is 102 Å². The van der Waals surface area contributed by atoms with Gasteiger partial charge in [-0.05, 0) is 31.0 Å². The number of nitrogens with one attached hydrogen (secondary N) is 1. The van der Waals surface area contributed by atoms with E-state index in [0.717, 1.165) is 23.9 Å². The predicted molar refractivity (Wildman–Crippen MR) is 94.0 cm³/mol. The van der Waals surface area contributed by atoms with E-state index in [-0.39, 0.29) is 24.2 Å². The van der Waals surface area contributed by atoms with Crippen LogP contribution in [0.15, 0.2) is 41.3 Å². The smallest absolute Gasteiger partial charge is 0.326 e. The third kappa shape index (κ3) is 2.90. The van der Waals surface area contributed by atoms with Crippen LogP contribution in [0.2, 0.25) is 0 Å². The van der Waals surface area contributed by atoms with Crippen molar-refractivity contribution in [3.05, 3.63) is 47.0 Å². The number of piperidine rings is 1. The average molecular weight is 340 g/mol. The van der Waals surface area contributed by atoms with Crippen molar-refractivity contribution in [2.75, 3.05) is 18.8 Å². The van der Waals surface area contributed by atoms with Gasteiger partial charge in [0.2, 0.25) is 5.91 Å². The SMILES string of the molecule is Nc1ccn(CC(=O)N2CCC(n3c(=O)[nH]c4ccccc43)CC2)n1. The number of amides is 1. The van der Waals surface area contributed by atoms with Crippen molar-refractivity contribution in [1.29, 1.82) is 0 Å². The highest BCUT2D eigenvalue weighted by molar-refractivity contribution is 5.76. The summed E-state index contributed by atoms with van der Waals surface area (Å²) in [5.41, 5.74) is 7.26. The highest BCUT2D eigenvalue weighted by atomic mass is 16.2. The second-order valence-electron chi connectivity index (χ2n) is 6.37. The van der Waals surface area contributed by atoms with Gasteiger partial charge in [0.1, 0.15) is 12.4 Å². The number of carbonyl (C=O) groups excluding carboxylic acids is 1. The van der Waals surface area contributed by atoms with E-state index in [4.69, 9.17) is 5.73 Å². The van der Waals surface area contributed by atoms with Crippen molar-refractivity contribution < 1.29 is 4.79 Å². The van der Waals surface area contributed by atoms with Crippen LogP contribution in [-0.2, 0) is 11.3 Å². The summed E-state index contributed by atoms with van der Waals surface area (Å²) >= 11 is 0. The van der Waals surface area contributed by atoms with Gasteiger partial charge < -0.3 is 15.6 Å². The number of nitrogen functional groups attached to an aromatic ring is 1. The van der Waals surface area contributed by atoms with Gasteiger partial charge in [-0.2, -0.15) is 5.10 Å². The minimum absolute atomic E-state index is 0.0211. The summed E-state index contributed by atoms with van der Waals surface area (Å²) < 4.78 is 3.37. The molecule has 4 rings (SSSR count). The van der Waals surface area contributed by atoms with E-state index in [2.05, 4.69) is 10.1 Å². The largest absolute Gasteiger partial charge is 0.382 e. The Hall–Kier alpha value is -3.03. The molecule has 0 radical (unpaired) electrons. The van der Waals surface area contributed by atoms with E-state index in [9.17, 15) is 9.59 Å². The van der Waals surface area contributed by atoms with Crippen molar-refractivity contribution in [3.8, 4) is 0 Å². The molecule has 2 aromatic heterocycles. The second-order valence-corrected chi connectivity index (χ2v) is 6.37. The number of likely N-dealkylation sites (tertiary alicyclic amines) is 1. The highest BCUT2D eigenvalue weighted by Gasteiger charge is 2.26. The summed E-state index contributed by atoms with van der Waals surface area (Å²) in [7, 11) is 0. The van der Waals surface area contributed by atoms with Gasteiger partial charge in [-0.15, -0.1) is 0 Å². The molecule has 1 saturated heterocycles. The fourth-order valence-corrected chi connectivity index (χ4v) is 3.51. The fourth-order valence-electron chi connectivity index (χ4n) is 3.51. The van der Waals surface area contributed by atoms with E-state index in [1.54, 1.807) is 16.9 Å². The van der Waals surface area contributed by atoms with Crippen molar-refractivity contribution in [2.45, 2.75) is 25.4 Å². The van der Waals surface area contributed by atoms with Gasteiger partial charge in [-0.1, -0.05) is 12.1 Å². The molecule has 0 saturated carbocycles. The number of rotatable bonds is 3. The summed E-state index contributed by atoms with van der Waals surface area (Å²) in [6.45, 7) is 1.45. The zero-order valence-electron chi connectivity index (χ0n) is 13.8. The number of nitrogens with zero attached hydrogens (tertiary/aromatic N) is 4. The molecular formula is C17H20N6O2. The minimum Gasteiger partial charge on any atom is -0.382 e. The van der Waals surface area contributed by atoms with E-state index in [1.807, 2.05) is 33.7 Å². The van der Waals surface area contributed by atoms with Crippen LogP contribution < -0.4 is 11.4 Å². The molecule has 25 heavy (non-hydrogen) atoms. The van der Waals surface area contributed by atoms with Crippen molar-refractivity contribution in [2.24, 2.45) is 0 Å². The third-order valence-electron chi connectivity index (χ3n) is 4.76. The number of nitrogens with two attached hydrogens (primary N) is 1. The molecule has 3 aromatic rings. The van der Waals surface area contributed by atoms with Crippen LogP contribution in [0.3, 0.4) is 0 Å². The lowest BCUT2D eigenvalue weighted by atomic mass is 10.0. The van der Waals surface area contributed by atoms with Gasteiger partial charge in [0.05, 0.1) is 11.0 Å². The zero-order chi connectivity index (χ0) is 17.4. The Labute approximate surface area is 143 Å². The Kier molecular flexibility index (Phi) is 3.79. The molecule has 0 bridgehead atoms. The Balaban J connectivity index is 1.45. The van der Waals surface area contributed by atoms with Crippen LogP contribution >= 0.6 is 0 Å². The first kappa shape index (κ1) is 15.5. The molecule has 130 valence electrons. The lowest BCUT2D eigenvalue weighted by Crippen LogP contribution is -2.42. The van der Waals surface area contributed by atoms with Gasteiger partial charge in [0.25, 0.3) is 0 Å². The lowest BCUT2D eigenvalue weighted by Gasteiger charge is -2.32. The number of H-pyrrole nitrogens is 1. The van der Waals surface area contributed by atoms with Gasteiger partial charge in [0.15, 0.2) is 0 Å². The van der Waals surface area contributed by atoms with Crippen molar-refractivity contribution >= 4 is 22.8 Å². The van der Waals surface area contributed by atoms with Gasteiger partial charge in [0, 0.05) is 25.3 Å². The third-order valence-corrected chi connectivity index (χ3v) is 4.76. The number of hydrogen-bond acceptors (Lipinski definition) is 4. The van der Waals surface area contributed by atoms with Crippen molar-refractivity contribution in [1.82, 2.24) is 24.2 Å². The highest BCUT2D eigenvalue weighted by Crippen LogP contribution is 2.24. The van der Waals surface area contributed by atoms with E-state index >= 15 is 0 Å². The molecule has 1 aromatic carbocycles. The maximum atomic E-state index is 12.4. The normalized spacial score (nSPS) is 15.8. The lowest BCUT2D eigenvalue weighted by molar-refractivity contribution is -0.133. The molecule has 0 spiro atoms. The maximum absolute atomic E-state index is 12.4. The number of para-hydroxylation sites is 2. The van der Waals surface area contributed by atoms with Crippen LogP contribution in [-0.4, -0.2) is 43.2 Å². The Morgan fingerprint density at radius 3 is 2.72 bits per heavy atom. The number of fused-ring (bicyclic) bond motifs is 1. The monoisotopic (exact) mass is 340 g/mol. The Morgan fingerprint density at radius 1 is 1.24 bits per heavy atom. The second kappa shape index (κ2) is 6.12. The first-order valence-corrected chi connectivity index (χ1v) is 8.38. The molecule has 1 amide bonds. The zero-order valence-corrected chi connectivity index (χ0v) is 13.8. The predicted octanol–water partition coefficient (Wildman–Crippen LogP) is 0.972. The van der Waals surface area contributed by atoms with Crippen LogP contribution in [0.25, 0.3) is 11.0 Å². The number of benzene rings is 1. The standard InChI is InChI=1S/C17H20N6O2/c18-15-7-10-22(20-15)11-16(24)21-8-5-12(6-9-21)23-14-4-2-1-3-13(14)19-17(23)25/h1-4,7,10,12H,5-6,8-9,11H2,(H2,18,20)(H,19,25). The molecule has 1 aliphatic heterocycles. The molecule has 0 unspecified atom stereocenters. The molecule has 8 heteroatoms. The quantitative estimate of drug-likeness (QED) is 0.742. The number of aromatic nitrogens is 4. The molecule has 0 aliphatic carbocycles. The first-order chi connectivity index (χ1) is 12.1. The molecule has 3 heterocycles. The Morgan fingerprint density at radius 2 is 2.00 bits per heavy atom. The summed E-state index contributed by atoms with van der Waals surface area (Å²) in [4.78, 5) is 29.4. The fraction of sp³-hybridized carbons (Fsp3) is 0.353. The molecule has 3 N–H and O–H groups in total. The number of carbonyl (C=O) groups is 1. The van der Waals surface area contributed by atoms with Crippen LogP contribution in [0, 0.1) is 0 Å². The van der Waals surface area contributed by atoms with Crippen molar-refractivity contribution in [3.63, 3.8) is 0 Å². The average Bonchev–Trinajstić information content (AvgIpc) is 3.17. The maximum Gasteiger partial charge on any atom is 0.326 e. The summed E-state index contributed by atoms with van der Waals surface area (Å²) in [6, 6.07) is 9.47. The molecule has 1 fully saturated rings. The Bertz CT molecular complexity index is 961. The van der Waals surface area contributed by atoms with Gasteiger partial charge in [-0.3, -0.25) is 14.0 Å². The number of aromatic amines is 1. The van der Waals surface area contributed by atoms with E-state index < -0.39 is 0 Å². The van der Waals surface area contributed by atoms with Gasteiger partial charge >= 0.3 is 5.69 Å². The molecular weight excluding hydrogens is 320 g/mol. The van der Waals surface area contributed by atoms with Crippen LogP contribution in [0.1, 0.15) is 18.9 Å². The summed E-state index contributed by atoms with van der Waals surface area (Å²) in [6.07, 6.45) is 3.22. The molecule has 0 atom stereocenters. The number of imidazole rings is 1. The first-order valence-electron chi connectivity index (χ1n) is 8.38. The number of anilines is 1. The van der Waals surface area contributed by atoms with E-state index in [0.29, 0.717) is 18.9 Å². The summed E-state index contributed by atoms with van der Waals surface area (Å²) in [5.74, 6) is 0.429. The molecule has 8 nitrogen and oxygen atoms in total. The van der Waals surface area contributed by atoms with E-state index in [1.165, 1.54) is 0 Å². The number of hydrogen-bond donors (Lipinski definition) is 2. The van der Waals surface area contributed by atoms with Crippen LogP contribution in [0.5, 0.6) is 0 Å².